The third kappa shape index (κ3) is 1.49. The number of aliphatic hydroxyl groups excluding tert-OH is 1. The van der Waals surface area contributed by atoms with Gasteiger partial charge in [0.2, 0.25) is 0 Å². The minimum atomic E-state index is -0.171. The Morgan fingerprint density at radius 1 is 1.25 bits per heavy atom. The van der Waals surface area contributed by atoms with Crippen LogP contribution >= 0.6 is 0 Å². The van der Waals surface area contributed by atoms with Gasteiger partial charge in [0.05, 0.1) is 6.10 Å². The Morgan fingerprint density at radius 3 is 2.58 bits per heavy atom. The number of hydrogen-bond acceptors (Lipinski definition) is 2. The summed E-state index contributed by atoms with van der Waals surface area (Å²) >= 11 is 0. The molecule has 12 heavy (non-hydrogen) atoms. The molecule has 1 aliphatic rings. The van der Waals surface area contributed by atoms with Crippen LogP contribution in [0.4, 0.5) is 0 Å². The Labute approximate surface area is 72.2 Å². The van der Waals surface area contributed by atoms with Gasteiger partial charge in [0.25, 0.3) is 0 Å². The van der Waals surface area contributed by atoms with Gasteiger partial charge < -0.3 is 10.4 Å². The number of hydrogen-bond donors (Lipinski definition) is 2. The first-order chi connectivity index (χ1) is 5.86. The third-order valence-corrected chi connectivity index (χ3v) is 2.31. The lowest BCUT2D eigenvalue weighted by atomic mass is 10.1. The number of rotatable bonds is 1. The van der Waals surface area contributed by atoms with Crippen LogP contribution in [0.25, 0.3) is 0 Å². The quantitative estimate of drug-likeness (QED) is 0.649. The molecule has 0 aliphatic carbocycles. The number of aliphatic hydroxyl groups is 1. The van der Waals surface area contributed by atoms with E-state index >= 15 is 0 Å². The van der Waals surface area contributed by atoms with Gasteiger partial charge in [-0.1, -0.05) is 30.3 Å². The number of β-amino-alcohol motifs (C(OH)–C–C–N with tert-alkyl or cyclic N) is 1. The van der Waals surface area contributed by atoms with Crippen LogP contribution in [0.5, 0.6) is 0 Å². The Hall–Kier alpha value is -0.860. The fourth-order valence-electron chi connectivity index (χ4n) is 1.66. The molecule has 1 aromatic carbocycles. The van der Waals surface area contributed by atoms with Gasteiger partial charge >= 0.3 is 0 Å². The average molecular weight is 163 g/mol. The van der Waals surface area contributed by atoms with E-state index in [9.17, 15) is 5.11 Å². The maximum Gasteiger partial charge on any atom is 0.0682 e. The van der Waals surface area contributed by atoms with Gasteiger partial charge in [-0.3, -0.25) is 0 Å². The monoisotopic (exact) mass is 163 g/mol. The molecule has 0 amide bonds. The summed E-state index contributed by atoms with van der Waals surface area (Å²) in [6.45, 7) is 0.722. The lowest BCUT2D eigenvalue weighted by molar-refractivity contribution is 0.193. The van der Waals surface area contributed by atoms with Gasteiger partial charge in [-0.2, -0.15) is 0 Å². The van der Waals surface area contributed by atoms with Gasteiger partial charge in [-0.15, -0.1) is 0 Å². The second-order valence-electron chi connectivity index (χ2n) is 3.26. The zero-order valence-corrected chi connectivity index (χ0v) is 6.90. The second-order valence-corrected chi connectivity index (χ2v) is 3.26. The lowest BCUT2D eigenvalue weighted by Gasteiger charge is -2.08. The van der Waals surface area contributed by atoms with E-state index in [0.717, 1.165) is 13.0 Å². The molecule has 2 nitrogen and oxygen atoms in total. The summed E-state index contributed by atoms with van der Waals surface area (Å²) in [6.07, 6.45) is 0.666. The predicted molar refractivity (Wildman–Crippen MR) is 47.8 cm³/mol. The van der Waals surface area contributed by atoms with E-state index in [-0.39, 0.29) is 6.10 Å². The SMILES string of the molecule is O[C@@H]1CN[C@H](c2ccccc2)C1. The number of benzene rings is 1. The largest absolute Gasteiger partial charge is 0.392 e. The van der Waals surface area contributed by atoms with Crippen molar-refractivity contribution < 1.29 is 5.11 Å². The summed E-state index contributed by atoms with van der Waals surface area (Å²) in [4.78, 5) is 0. The van der Waals surface area contributed by atoms with Crippen molar-refractivity contribution in [1.29, 1.82) is 0 Å². The summed E-state index contributed by atoms with van der Waals surface area (Å²) in [6, 6.07) is 10.6. The van der Waals surface area contributed by atoms with Crippen LogP contribution in [0.2, 0.25) is 0 Å². The van der Waals surface area contributed by atoms with Gasteiger partial charge in [0, 0.05) is 12.6 Å². The van der Waals surface area contributed by atoms with Crippen molar-refractivity contribution in [2.45, 2.75) is 18.6 Å². The molecule has 0 aromatic heterocycles. The van der Waals surface area contributed by atoms with Crippen molar-refractivity contribution in [3.8, 4) is 0 Å². The van der Waals surface area contributed by atoms with Gasteiger partial charge in [0.1, 0.15) is 0 Å². The first-order valence-corrected chi connectivity index (χ1v) is 4.32. The molecule has 1 aliphatic heterocycles. The lowest BCUT2D eigenvalue weighted by Crippen LogP contribution is -2.14. The van der Waals surface area contributed by atoms with Crippen LogP contribution < -0.4 is 5.32 Å². The van der Waals surface area contributed by atoms with Crippen molar-refractivity contribution in [3.05, 3.63) is 35.9 Å². The molecular weight excluding hydrogens is 150 g/mol. The molecule has 0 unspecified atom stereocenters. The first kappa shape index (κ1) is 7.77. The molecule has 1 heterocycles. The number of nitrogens with one attached hydrogen (secondary N) is 1. The summed E-state index contributed by atoms with van der Waals surface area (Å²) in [5.74, 6) is 0. The van der Waals surface area contributed by atoms with Crippen LogP contribution in [0, 0.1) is 0 Å². The molecule has 2 atom stereocenters. The maximum atomic E-state index is 9.30. The van der Waals surface area contributed by atoms with Gasteiger partial charge in [0.15, 0.2) is 0 Å². The Balaban J connectivity index is 2.11. The van der Waals surface area contributed by atoms with Crippen molar-refractivity contribution in [2.24, 2.45) is 0 Å². The van der Waals surface area contributed by atoms with E-state index in [1.54, 1.807) is 0 Å². The standard InChI is InChI=1S/C10H13NO/c12-9-6-10(11-7-9)8-4-2-1-3-5-8/h1-5,9-12H,6-7H2/t9-,10-/m0/s1. The summed E-state index contributed by atoms with van der Waals surface area (Å²) in [7, 11) is 0. The van der Waals surface area contributed by atoms with Crippen LogP contribution in [0.15, 0.2) is 30.3 Å². The molecular formula is C10H13NO. The van der Waals surface area contributed by atoms with Crippen molar-refractivity contribution >= 4 is 0 Å². The minimum absolute atomic E-state index is 0.171. The average Bonchev–Trinajstić information content (AvgIpc) is 2.54. The minimum Gasteiger partial charge on any atom is -0.392 e. The fraction of sp³-hybridized carbons (Fsp3) is 0.400. The van der Waals surface area contributed by atoms with Crippen molar-refractivity contribution in [2.75, 3.05) is 6.54 Å². The molecule has 2 rings (SSSR count). The second kappa shape index (κ2) is 3.25. The van der Waals surface area contributed by atoms with E-state index in [4.69, 9.17) is 0 Å². The van der Waals surface area contributed by atoms with E-state index in [1.165, 1.54) is 5.56 Å². The molecule has 1 saturated heterocycles. The van der Waals surface area contributed by atoms with Crippen molar-refractivity contribution in [1.82, 2.24) is 5.32 Å². The normalized spacial score (nSPS) is 29.1. The Morgan fingerprint density at radius 2 is 2.00 bits per heavy atom. The summed E-state index contributed by atoms with van der Waals surface area (Å²) in [5.41, 5.74) is 1.27. The highest BCUT2D eigenvalue weighted by Crippen LogP contribution is 2.22. The highest BCUT2D eigenvalue weighted by atomic mass is 16.3. The van der Waals surface area contributed by atoms with E-state index in [0.29, 0.717) is 6.04 Å². The molecule has 64 valence electrons. The summed E-state index contributed by atoms with van der Waals surface area (Å²) in [5, 5.41) is 12.6. The van der Waals surface area contributed by atoms with E-state index in [1.807, 2.05) is 18.2 Å². The molecule has 2 heteroatoms. The fourth-order valence-corrected chi connectivity index (χ4v) is 1.66. The molecule has 0 saturated carbocycles. The van der Waals surface area contributed by atoms with Gasteiger partial charge in [-0.05, 0) is 12.0 Å². The molecule has 1 aromatic rings. The zero-order chi connectivity index (χ0) is 8.39. The van der Waals surface area contributed by atoms with Crippen LogP contribution in [-0.2, 0) is 0 Å². The molecule has 0 bridgehead atoms. The zero-order valence-electron chi connectivity index (χ0n) is 6.90. The van der Waals surface area contributed by atoms with Crippen molar-refractivity contribution in [3.63, 3.8) is 0 Å². The van der Waals surface area contributed by atoms with Crippen LogP contribution in [0.3, 0.4) is 0 Å². The molecule has 0 spiro atoms. The highest BCUT2D eigenvalue weighted by molar-refractivity contribution is 5.20. The topological polar surface area (TPSA) is 32.3 Å². The van der Waals surface area contributed by atoms with Crippen LogP contribution in [-0.4, -0.2) is 17.8 Å². The first-order valence-electron chi connectivity index (χ1n) is 4.32. The summed E-state index contributed by atoms with van der Waals surface area (Å²) < 4.78 is 0. The van der Waals surface area contributed by atoms with E-state index < -0.39 is 0 Å². The highest BCUT2D eigenvalue weighted by Gasteiger charge is 2.22. The Bertz CT molecular complexity index is 247. The predicted octanol–water partition coefficient (Wildman–Crippen LogP) is 1.08. The van der Waals surface area contributed by atoms with E-state index in [2.05, 4.69) is 17.4 Å². The Kier molecular flexibility index (Phi) is 2.11. The maximum absolute atomic E-state index is 9.30. The third-order valence-electron chi connectivity index (χ3n) is 2.31. The van der Waals surface area contributed by atoms with Crippen LogP contribution in [0.1, 0.15) is 18.0 Å². The molecule has 2 N–H and O–H groups in total. The smallest absolute Gasteiger partial charge is 0.0682 e. The molecule has 1 fully saturated rings. The van der Waals surface area contributed by atoms with Gasteiger partial charge in [-0.25, -0.2) is 0 Å². The molecule has 0 radical (unpaired) electrons.